The number of hydrogen-bond donors (Lipinski definition) is 0. The van der Waals surface area contributed by atoms with Crippen molar-refractivity contribution in [1.82, 2.24) is 0 Å². The van der Waals surface area contributed by atoms with Crippen LogP contribution in [0.15, 0.2) is 49.1 Å². The lowest BCUT2D eigenvalue weighted by molar-refractivity contribution is -0.140. The van der Waals surface area contributed by atoms with E-state index in [1.54, 1.807) is 0 Å². The van der Waals surface area contributed by atoms with Crippen molar-refractivity contribution in [1.29, 1.82) is 0 Å². The first kappa shape index (κ1) is 34.3. The maximum atomic E-state index is 15.0. The lowest BCUT2D eigenvalue weighted by atomic mass is 9.92. The Morgan fingerprint density at radius 1 is 1.00 bits per heavy atom. The van der Waals surface area contributed by atoms with Crippen molar-refractivity contribution in [3.05, 3.63) is 81.9 Å². The van der Waals surface area contributed by atoms with Crippen molar-refractivity contribution in [2.75, 3.05) is 11.5 Å². The molecular formula is C26H21ClF10O3S. The summed E-state index contributed by atoms with van der Waals surface area (Å²) in [6.07, 6.45) is -15.1. The average molecular weight is 639 g/mol. The molecule has 0 bridgehead atoms. The van der Waals surface area contributed by atoms with Gasteiger partial charge in [0.05, 0.1) is 11.3 Å². The Labute approximate surface area is 233 Å². The number of rotatable bonds is 10. The van der Waals surface area contributed by atoms with Crippen LogP contribution in [0.4, 0.5) is 43.9 Å². The first-order chi connectivity index (χ1) is 18.5. The molecule has 0 saturated carbocycles. The number of halogens is 11. The molecule has 41 heavy (non-hydrogen) atoms. The van der Waals surface area contributed by atoms with E-state index in [9.17, 15) is 52.7 Å². The van der Waals surface area contributed by atoms with E-state index in [1.807, 2.05) is 0 Å². The molecule has 0 aromatic heterocycles. The normalized spacial score (nSPS) is 15.0. The Morgan fingerprint density at radius 3 is 2.12 bits per heavy atom. The molecule has 3 nitrogen and oxygen atoms in total. The van der Waals surface area contributed by atoms with Crippen LogP contribution < -0.4 is 0 Å². The van der Waals surface area contributed by atoms with Crippen molar-refractivity contribution >= 4 is 39.1 Å². The molecule has 0 fully saturated rings. The van der Waals surface area contributed by atoms with E-state index in [4.69, 9.17) is 11.6 Å². The minimum Gasteiger partial charge on any atom is -0.294 e. The van der Waals surface area contributed by atoms with Gasteiger partial charge in [-0.1, -0.05) is 49.4 Å². The number of carbonyl (C=O) groups is 1. The smallest absolute Gasteiger partial charge is 0.294 e. The Bertz CT molecular complexity index is 1420. The van der Waals surface area contributed by atoms with Crippen molar-refractivity contribution in [2.24, 2.45) is 5.92 Å². The number of hydrogen-bond acceptors (Lipinski definition) is 3. The average Bonchev–Trinajstić information content (AvgIpc) is 2.77. The predicted octanol–water partition coefficient (Wildman–Crippen LogP) is 8.84. The zero-order valence-corrected chi connectivity index (χ0v) is 22.5. The lowest BCUT2D eigenvalue weighted by Crippen LogP contribution is -2.28. The standard InChI is InChI=1S/C26H21ClF10O3S/c1-3-15-7-17(9-18(27)8-15)20(25(32,33)34)11-22(28)16-4-5-19(21(10-16)26(35,36)37)23(38)6-14(2)12-41(39,40)13-24(29,30)31/h3-5,7-11,14,20H,1,6,12-13H2,2H3/b22-11-/t14-,20?/m0/s1. The van der Waals surface area contributed by atoms with Gasteiger partial charge >= 0.3 is 18.5 Å². The van der Waals surface area contributed by atoms with Crippen molar-refractivity contribution < 1.29 is 57.1 Å². The zero-order valence-electron chi connectivity index (χ0n) is 20.9. The summed E-state index contributed by atoms with van der Waals surface area (Å²) in [6, 6.07) is 4.44. The number of Topliss-reactive ketones (excluding diaryl/α,β-unsaturated/α-hetero) is 1. The highest BCUT2D eigenvalue weighted by atomic mass is 35.5. The van der Waals surface area contributed by atoms with Crippen LogP contribution in [0, 0.1) is 5.92 Å². The van der Waals surface area contributed by atoms with E-state index in [0.717, 1.165) is 19.1 Å². The second kappa shape index (κ2) is 12.6. The van der Waals surface area contributed by atoms with E-state index >= 15 is 4.39 Å². The van der Waals surface area contributed by atoms with Gasteiger partial charge in [-0.05, 0) is 41.3 Å². The van der Waals surface area contributed by atoms with Crippen LogP contribution in [0.5, 0.6) is 0 Å². The Hall–Kier alpha value is -2.87. The molecule has 0 aliphatic heterocycles. The summed E-state index contributed by atoms with van der Waals surface area (Å²) >= 11 is 5.82. The second-order valence-corrected chi connectivity index (χ2v) is 11.8. The van der Waals surface area contributed by atoms with Crippen LogP contribution >= 0.6 is 11.6 Å². The summed E-state index contributed by atoms with van der Waals surface area (Å²) in [5.41, 5.74) is -4.10. The lowest BCUT2D eigenvalue weighted by Gasteiger charge is -2.19. The molecule has 226 valence electrons. The molecule has 0 spiro atoms. The number of carbonyl (C=O) groups excluding carboxylic acids is 1. The molecule has 0 heterocycles. The van der Waals surface area contributed by atoms with Crippen LogP contribution in [0.25, 0.3) is 11.9 Å². The Kier molecular flexibility index (Phi) is 10.5. The number of sulfone groups is 1. The van der Waals surface area contributed by atoms with E-state index in [2.05, 4.69) is 6.58 Å². The molecule has 0 aliphatic rings. The molecule has 2 rings (SSSR count). The summed E-state index contributed by atoms with van der Waals surface area (Å²) in [5.74, 6) is -10.3. The van der Waals surface area contributed by atoms with Crippen molar-refractivity contribution in [3.8, 4) is 0 Å². The van der Waals surface area contributed by atoms with Gasteiger partial charge in [0.1, 0.15) is 17.5 Å². The summed E-state index contributed by atoms with van der Waals surface area (Å²) < 4.78 is 158. The molecular weight excluding hydrogens is 618 g/mol. The highest BCUT2D eigenvalue weighted by molar-refractivity contribution is 7.91. The maximum absolute atomic E-state index is 15.0. The first-order valence-corrected chi connectivity index (χ1v) is 13.6. The van der Waals surface area contributed by atoms with Gasteiger partial charge in [0.2, 0.25) is 0 Å². The quantitative estimate of drug-likeness (QED) is 0.193. The van der Waals surface area contributed by atoms with Crippen LogP contribution in [-0.4, -0.2) is 38.1 Å². The fourth-order valence-corrected chi connectivity index (χ4v) is 5.81. The second-order valence-electron chi connectivity index (χ2n) is 9.22. The number of benzene rings is 2. The highest BCUT2D eigenvalue weighted by Gasteiger charge is 2.41. The van der Waals surface area contributed by atoms with Gasteiger partial charge in [0.15, 0.2) is 15.6 Å². The molecule has 1 unspecified atom stereocenters. The molecule has 2 aromatic carbocycles. The summed E-state index contributed by atoms with van der Waals surface area (Å²) in [7, 11) is -4.74. The monoisotopic (exact) mass is 638 g/mol. The van der Waals surface area contributed by atoms with Crippen LogP contribution in [-0.2, 0) is 16.0 Å². The number of ketones is 1. The van der Waals surface area contributed by atoms with Crippen LogP contribution in [0.2, 0.25) is 5.02 Å². The molecule has 2 atom stereocenters. The van der Waals surface area contributed by atoms with Gasteiger partial charge < -0.3 is 0 Å². The predicted molar refractivity (Wildman–Crippen MR) is 134 cm³/mol. The molecule has 0 radical (unpaired) electrons. The van der Waals surface area contributed by atoms with E-state index < -0.39 is 92.0 Å². The van der Waals surface area contributed by atoms with Gasteiger partial charge in [-0.3, -0.25) is 4.79 Å². The Balaban J connectivity index is 2.46. The third-order valence-electron chi connectivity index (χ3n) is 5.56. The SMILES string of the molecule is C=Cc1cc(Cl)cc(C(/C=C(\F)c2ccc(C(=O)C[C@H](C)CS(=O)(=O)CC(F)(F)F)c(C(F)(F)F)c2)C(F)(F)F)c1. The third kappa shape index (κ3) is 10.2. The first-order valence-electron chi connectivity index (χ1n) is 11.4. The fourth-order valence-electron chi connectivity index (χ4n) is 3.95. The molecule has 0 saturated heterocycles. The minimum absolute atomic E-state index is 0.0447. The zero-order chi connectivity index (χ0) is 31.6. The van der Waals surface area contributed by atoms with Gasteiger partial charge in [0.25, 0.3) is 0 Å². The van der Waals surface area contributed by atoms with Crippen molar-refractivity contribution in [2.45, 2.75) is 37.8 Å². The van der Waals surface area contributed by atoms with Gasteiger partial charge in [0, 0.05) is 22.6 Å². The summed E-state index contributed by atoms with van der Waals surface area (Å²) in [5, 5.41) is -0.136. The molecule has 0 N–H and O–H groups in total. The summed E-state index contributed by atoms with van der Waals surface area (Å²) in [6.45, 7) is 4.45. The topological polar surface area (TPSA) is 51.2 Å². The van der Waals surface area contributed by atoms with Crippen LogP contribution in [0.1, 0.15) is 51.9 Å². The van der Waals surface area contributed by atoms with Gasteiger partial charge in [-0.25, -0.2) is 12.8 Å². The highest BCUT2D eigenvalue weighted by Crippen LogP contribution is 2.41. The van der Waals surface area contributed by atoms with Crippen molar-refractivity contribution in [3.63, 3.8) is 0 Å². The Morgan fingerprint density at radius 2 is 1.61 bits per heavy atom. The van der Waals surface area contributed by atoms with Gasteiger partial charge in [-0.15, -0.1) is 0 Å². The third-order valence-corrected chi connectivity index (χ3v) is 7.62. The largest absolute Gasteiger partial charge is 0.417 e. The van der Waals surface area contributed by atoms with E-state index in [1.165, 1.54) is 12.1 Å². The fraction of sp³-hybridized carbons (Fsp3) is 0.346. The molecule has 2 aromatic rings. The van der Waals surface area contributed by atoms with E-state index in [-0.39, 0.29) is 22.7 Å². The summed E-state index contributed by atoms with van der Waals surface area (Å²) in [4.78, 5) is 12.6. The molecule has 15 heteroatoms. The van der Waals surface area contributed by atoms with Gasteiger partial charge in [-0.2, -0.15) is 39.5 Å². The van der Waals surface area contributed by atoms with Crippen LogP contribution in [0.3, 0.4) is 0 Å². The molecule has 0 amide bonds. The number of alkyl halides is 9. The molecule has 0 aliphatic carbocycles. The number of allylic oxidation sites excluding steroid dienone is 1. The van der Waals surface area contributed by atoms with E-state index in [0.29, 0.717) is 12.1 Å². The maximum Gasteiger partial charge on any atom is 0.417 e. The minimum atomic E-state index is -5.30.